The fourth-order valence-corrected chi connectivity index (χ4v) is 4.44. The van der Waals surface area contributed by atoms with E-state index in [1.54, 1.807) is 11.0 Å². The molecule has 0 saturated carbocycles. The summed E-state index contributed by atoms with van der Waals surface area (Å²) in [5, 5.41) is -0.457. The summed E-state index contributed by atoms with van der Waals surface area (Å²) in [6, 6.07) is 10.8. The van der Waals surface area contributed by atoms with Crippen LogP contribution in [-0.2, 0) is 17.4 Å². The zero-order valence-electron chi connectivity index (χ0n) is 13.3. The second-order valence-electron chi connectivity index (χ2n) is 5.68. The first kappa shape index (κ1) is 18.3. The number of carbonyl (C=O) groups excluding carboxylic acids is 1. The van der Waals surface area contributed by atoms with Crippen LogP contribution < -0.4 is 4.90 Å². The van der Waals surface area contributed by atoms with E-state index in [9.17, 15) is 18.0 Å². The molecule has 1 atom stereocenters. The highest BCUT2D eigenvalue weighted by atomic mass is 79.9. The van der Waals surface area contributed by atoms with Crippen molar-refractivity contribution < 1.29 is 18.0 Å². The van der Waals surface area contributed by atoms with Gasteiger partial charge in [0.25, 0.3) is 0 Å². The van der Waals surface area contributed by atoms with E-state index in [1.807, 2.05) is 25.1 Å². The lowest BCUT2D eigenvalue weighted by Crippen LogP contribution is -2.29. The molecule has 2 aromatic carbocycles. The number of aryl methyl sites for hydroxylation is 1. The molecule has 132 valence electrons. The van der Waals surface area contributed by atoms with Crippen molar-refractivity contribution in [3.63, 3.8) is 0 Å². The van der Waals surface area contributed by atoms with Gasteiger partial charge < -0.3 is 0 Å². The minimum atomic E-state index is -4.40. The standard InChI is InChI=1S/C18H15BrF3NOS/c1-2-11-9-14(19)6-7-15(11)23-16(24)10-25-17(23)12-4-3-5-13(8-12)18(20,21)22/h3-9,17H,2,10H2,1H3. The number of nitrogens with zero attached hydrogens (tertiary/aromatic N) is 1. The number of alkyl halides is 3. The molecular formula is C18H15BrF3NOS. The largest absolute Gasteiger partial charge is 0.416 e. The Hall–Kier alpha value is -1.47. The maximum atomic E-state index is 13.0. The number of thioether (sulfide) groups is 1. The molecule has 1 saturated heterocycles. The van der Waals surface area contributed by atoms with Crippen molar-refractivity contribution in [2.24, 2.45) is 0 Å². The SMILES string of the molecule is CCc1cc(Br)ccc1N1C(=O)CSC1c1cccc(C(F)(F)F)c1. The summed E-state index contributed by atoms with van der Waals surface area (Å²) in [5.41, 5.74) is 1.51. The first-order chi connectivity index (χ1) is 11.8. The van der Waals surface area contributed by atoms with E-state index in [2.05, 4.69) is 15.9 Å². The molecule has 1 aliphatic rings. The predicted octanol–water partition coefficient (Wildman–Crippen LogP) is 5.81. The van der Waals surface area contributed by atoms with Crippen LogP contribution in [-0.4, -0.2) is 11.7 Å². The molecular weight excluding hydrogens is 415 g/mol. The number of benzene rings is 2. The minimum Gasteiger partial charge on any atom is -0.295 e. The Labute approximate surface area is 156 Å². The second kappa shape index (κ2) is 7.03. The van der Waals surface area contributed by atoms with Gasteiger partial charge >= 0.3 is 6.18 Å². The van der Waals surface area contributed by atoms with Crippen molar-refractivity contribution in [1.29, 1.82) is 0 Å². The highest BCUT2D eigenvalue weighted by Crippen LogP contribution is 2.44. The molecule has 0 radical (unpaired) electrons. The summed E-state index contributed by atoms with van der Waals surface area (Å²) in [7, 11) is 0. The van der Waals surface area contributed by atoms with Crippen molar-refractivity contribution in [2.45, 2.75) is 24.9 Å². The second-order valence-corrected chi connectivity index (χ2v) is 7.66. The monoisotopic (exact) mass is 429 g/mol. The number of hydrogen-bond donors (Lipinski definition) is 0. The van der Waals surface area contributed by atoms with E-state index < -0.39 is 17.1 Å². The molecule has 0 aromatic heterocycles. The number of carbonyl (C=O) groups is 1. The Balaban J connectivity index is 2.04. The lowest BCUT2D eigenvalue weighted by Gasteiger charge is -2.27. The quantitative estimate of drug-likeness (QED) is 0.613. The van der Waals surface area contributed by atoms with Crippen molar-refractivity contribution in [1.82, 2.24) is 0 Å². The van der Waals surface area contributed by atoms with E-state index in [-0.39, 0.29) is 11.7 Å². The van der Waals surface area contributed by atoms with Gasteiger partial charge in [0.1, 0.15) is 5.37 Å². The van der Waals surface area contributed by atoms with Gasteiger partial charge in [-0.15, -0.1) is 11.8 Å². The van der Waals surface area contributed by atoms with Crippen LogP contribution in [0.25, 0.3) is 0 Å². The lowest BCUT2D eigenvalue weighted by atomic mass is 10.1. The van der Waals surface area contributed by atoms with E-state index in [0.717, 1.165) is 34.3 Å². The Morgan fingerprint density at radius 2 is 2.00 bits per heavy atom. The Morgan fingerprint density at radius 3 is 2.68 bits per heavy atom. The van der Waals surface area contributed by atoms with Gasteiger partial charge in [-0.2, -0.15) is 13.2 Å². The summed E-state index contributed by atoms with van der Waals surface area (Å²) in [6.45, 7) is 1.98. The molecule has 0 bridgehead atoms. The Bertz CT molecular complexity index is 809. The van der Waals surface area contributed by atoms with Crippen LogP contribution >= 0.6 is 27.7 Å². The summed E-state index contributed by atoms with van der Waals surface area (Å²) in [6.07, 6.45) is -3.68. The summed E-state index contributed by atoms with van der Waals surface area (Å²) in [4.78, 5) is 14.1. The first-order valence-corrected chi connectivity index (χ1v) is 9.54. The topological polar surface area (TPSA) is 20.3 Å². The highest BCUT2D eigenvalue weighted by Gasteiger charge is 2.37. The van der Waals surface area contributed by atoms with Crippen molar-refractivity contribution in [2.75, 3.05) is 10.7 Å². The van der Waals surface area contributed by atoms with E-state index in [4.69, 9.17) is 0 Å². The average Bonchev–Trinajstić information content (AvgIpc) is 2.95. The normalized spacial score (nSPS) is 18.0. The average molecular weight is 430 g/mol. The van der Waals surface area contributed by atoms with Gasteiger partial charge in [0.15, 0.2) is 0 Å². The van der Waals surface area contributed by atoms with Crippen LogP contribution in [0.3, 0.4) is 0 Å². The molecule has 1 fully saturated rings. The van der Waals surface area contributed by atoms with Gasteiger partial charge in [-0.05, 0) is 47.9 Å². The molecule has 3 rings (SSSR count). The zero-order valence-corrected chi connectivity index (χ0v) is 15.7. The van der Waals surface area contributed by atoms with E-state index in [1.165, 1.54) is 17.8 Å². The maximum absolute atomic E-state index is 13.0. The number of anilines is 1. The molecule has 0 N–H and O–H groups in total. The fraction of sp³-hybridized carbons (Fsp3) is 0.278. The minimum absolute atomic E-state index is 0.0931. The number of amides is 1. The third kappa shape index (κ3) is 3.72. The van der Waals surface area contributed by atoms with Crippen LogP contribution in [0, 0.1) is 0 Å². The smallest absolute Gasteiger partial charge is 0.295 e. The molecule has 1 amide bonds. The Morgan fingerprint density at radius 1 is 1.24 bits per heavy atom. The van der Waals surface area contributed by atoms with Crippen LogP contribution in [0.1, 0.15) is 29.0 Å². The number of rotatable bonds is 3. The van der Waals surface area contributed by atoms with E-state index in [0.29, 0.717) is 5.56 Å². The molecule has 25 heavy (non-hydrogen) atoms. The van der Waals surface area contributed by atoms with Crippen LogP contribution in [0.4, 0.5) is 18.9 Å². The number of hydrogen-bond acceptors (Lipinski definition) is 2. The summed E-state index contributed by atoms with van der Waals surface area (Å²) < 4.78 is 40.0. The third-order valence-corrected chi connectivity index (χ3v) is 5.75. The molecule has 1 heterocycles. The maximum Gasteiger partial charge on any atom is 0.416 e. The van der Waals surface area contributed by atoms with Crippen molar-refractivity contribution in [3.8, 4) is 0 Å². The van der Waals surface area contributed by atoms with Crippen LogP contribution in [0.5, 0.6) is 0 Å². The number of halogens is 4. The summed E-state index contributed by atoms with van der Waals surface area (Å²) >= 11 is 4.77. The third-order valence-electron chi connectivity index (χ3n) is 4.05. The van der Waals surface area contributed by atoms with Crippen molar-refractivity contribution in [3.05, 3.63) is 63.6 Å². The fourth-order valence-electron chi connectivity index (χ4n) is 2.87. The van der Waals surface area contributed by atoms with Crippen LogP contribution in [0.2, 0.25) is 0 Å². The van der Waals surface area contributed by atoms with Gasteiger partial charge in [-0.1, -0.05) is 35.0 Å². The molecule has 1 unspecified atom stereocenters. The molecule has 2 nitrogen and oxygen atoms in total. The van der Waals surface area contributed by atoms with Gasteiger partial charge in [0, 0.05) is 10.2 Å². The van der Waals surface area contributed by atoms with Gasteiger partial charge in [-0.3, -0.25) is 9.69 Å². The lowest BCUT2D eigenvalue weighted by molar-refractivity contribution is -0.137. The molecule has 1 aliphatic heterocycles. The predicted molar refractivity (Wildman–Crippen MR) is 97.6 cm³/mol. The molecule has 7 heteroatoms. The molecule has 0 aliphatic carbocycles. The molecule has 2 aromatic rings. The van der Waals surface area contributed by atoms with Crippen molar-refractivity contribution >= 4 is 39.3 Å². The molecule has 0 spiro atoms. The highest BCUT2D eigenvalue weighted by molar-refractivity contribution is 9.10. The van der Waals surface area contributed by atoms with Gasteiger partial charge in [0.2, 0.25) is 5.91 Å². The first-order valence-electron chi connectivity index (χ1n) is 7.70. The zero-order chi connectivity index (χ0) is 18.2. The Kier molecular flexibility index (Phi) is 5.16. The summed E-state index contributed by atoms with van der Waals surface area (Å²) in [5.74, 6) is 0.157. The van der Waals surface area contributed by atoms with Gasteiger partial charge in [0.05, 0.1) is 11.3 Å². The van der Waals surface area contributed by atoms with Crippen LogP contribution in [0.15, 0.2) is 46.9 Å². The van der Waals surface area contributed by atoms with E-state index >= 15 is 0 Å². The van der Waals surface area contributed by atoms with Gasteiger partial charge in [-0.25, -0.2) is 0 Å².